The summed E-state index contributed by atoms with van der Waals surface area (Å²) in [5.74, 6) is -1.01. The molecule has 0 saturated heterocycles. The fourth-order valence-electron chi connectivity index (χ4n) is 6.89. The van der Waals surface area contributed by atoms with Gasteiger partial charge in [0.2, 0.25) is 0 Å². The van der Waals surface area contributed by atoms with E-state index in [1.165, 1.54) is 83.5 Å². The molecule has 0 radical (unpaired) electrons. The van der Waals surface area contributed by atoms with E-state index < -0.39 is 85.5 Å². The second kappa shape index (κ2) is 49.0. The first kappa shape index (κ1) is 67.7. The number of aliphatic hydroxyl groups excluding tert-OH is 3. The molecular formula is C53H96O15P2. The van der Waals surface area contributed by atoms with Crippen LogP contribution in [0.2, 0.25) is 0 Å². The maximum atomic E-state index is 12.2. The lowest BCUT2D eigenvalue weighted by atomic mass is 10.0. The molecule has 5 N–H and O–H groups in total. The predicted octanol–water partition coefficient (Wildman–Crippen LogP) is 12.9. The first-order valence-electron chi connectivity index (χ1n) is 26.6. The van der Waals surface area contributed by atoms with Gasteiger partial charge in [-0.3, -0.25) is 27.7 Å². The standard InChI is InChI=1S/C53H96O15P2/c1-3-5-7-9-11-13-15-17-19-21-22-23-24-26-28-30-32-34-36-38-40-42-53(58)64-44-50(55)46-66-70(61,62)68-48-51(56)47-67-69(59,60)65-45-49(54)43-63-52(57)41-39-37-35-33-31-29-27-25-20-18-16-14-12-10-8-6-4-2/h5,7,11,13,17,19,22-23,26,28,49-51,54-56H,3-4,6,8-10,12,14-16,18,20-21,24-25,27,29-48H2,1-2H3,(H,59,60)(H,61,62)/b7-5-,13-11-,19-17-,23-22-,28-26-. The SMILES string of the molecule is CC/C=C\C/C=C\C/C=C\C/C=C\C/C=C\CCCCCCCC(=O)OCC(O)COP(=O)(O)OCC(O)COP(=O)(O)OCC(O)COC(=O)CCCCCCCCCCCCCCCCCCC. The highest BCUT2D eigenvalue weighted by Crippen LogP contribution is 2.45. The van der Waals surface area contributed by atoms with Crippen LogP contribution in [0.25, 0.3) is 0 Å². The predicted molar refractivity (Wildman–Crippen MR) is 279 cm³/mol. The van der Waals surface area contributed by atoms with Crippen molar-refractivity contribution in [2.24, 2.45) is 0 Å². The molecule has 0 aliphatic carbocycles. The Bertz CT molecular complexity index is 1480. The minimum Gasteiger partial charge on any atom is -0.463 e. The molecule has 0 aromatic carbocycles. The van der Waals surface area contributed by atoms with Gasteiger partial charge in [-0.2, -0.15) is 0 Å². The van der Waals surface area contributed by atoms with Crippen molar-refractivity contribution in [2.45, 2.75) is 225 Å². The number of rotatable bonds is 51. The maximum absolute atomic E-state index is 12.2. The van der Waals surface area contributed by atoms with Crippen molar-refractivity contribution >= 4 is 27.6 Å². The Morgan fingerprint density at radius 2 is 0.657 bits per heavy atom. The van der Waals surface area contributed by atoms with Gasteiger partial charge < -0.3 is 34.6 Å². The van der Waals surface area contributed by atoms with E-state index in [1.807, 2.05) is 0 Å². The monoisotopic (exact) mass is 1030 g/mol. The summed E-state index contributed by atoms with van der Waals surface area (Å²) in [4.78, 5) is 43.9. The summed E-state index contributed by atoms with van der Waals surface area (Å²) in [6, 6.07) is 0. The molecule has 0 fully saturated rings. The highest BCUT2D eigenvalue weighted by atomic mass is 31.2. The number of esters is 2. The van der Waals surface area contributed by atoms with Gasteiger partial charge in [0.1, 0.15) is 31.5 Å². The van der Waals surface area contributed by atoms with Crippen LogP contribution < -0.4 is 0 Å². The summed E-state index contributed by atoms with van der Waals surface area (Å²) in [7, 11) is -9.58. The fourth-order valence-corrected chi connectivity index (χ4v) is 8.48. The van der Waals surface area contributed by atoms with Gasteiger partial charge in [-0.25, -0.2) is 9.13 Å². The van der Waals surface area contributed by atoms with Crippen molar-refractivity contribution in [1.82, 2.24) is 0 Å². The number of hydrogen-bond acceptors (Lipinski definition) is 13. The summed E-state index contributed by atoms with van der Waals surface area (Å²) in [5.41, 5.74) is 0. The smallest absolute Gasteiger partial charge is 0.463 e. The molecule has 0 rings (SSSR count). The molecule has 0 heterocycles. The van der Waals surface area contributed by atoms with E-state index in [0.717, 1.165) is 83.5 Å². The molecule has 0 aliphatic heterocycles. The fraction of sp³-hybridized carbons (Fsp3) is 0.774. The van der Waals surface area contributed by atoms with Crippen molar-refractivity contribution in [1.29, 1.82) is 0 Å². The largest absolute Gasteiger partial charge is 0.472 e. The molecule has 0 amide bonds. The van der Waals surface area contributed by atoms with Crippen LogP contribution in [-0.4, -0.2) is 95.0 Å². The number of phosphoric acid groups is 2. The molecule has 408 valence electrons. The molecule has 5 atom stereocenters. The second-order valence-corrected chi connectivity index (χ2v) is 20.8. The molecule has 70 heavy (non-hydrogen) atoms. The van der Waals surface area contributed by atoms with E-state index in [9.17, 15) is 43.8 Å². The molecular weight excluding hydrogens is 939 g/mol. The average molecular weight is 1040 g/mol. The average Bonchev–Trinajstić information content (AvgIpc) is 3.34. The summed E-state index contributed by atoms with van der Waals surface area (Å²) in [6.45, 7) is 0.311. The number of allylic oxidation sites excluding steroid dienone is 10. The zero-order valence-corrected chi connectivity index (χ0v) is 45.0. The summed E-state index contributed by atoms with van der Waals surface area (Å²) in [6.07, 6.45) is 49.1. The zero-order chi connectivity index (χ0) is 51.7. The Morgan fingerprint density at radius 1 is 0.386 bits per heavy atom. The van der Waals surface area contributed by atoms with E-state index >= 15 is 0 Å². The molecule has 0 aromatic heterocycles. The Kier molecular flexibility index (Phi) is 47.4. The van der Waals surface area contributed by atoms with E-state index in [2.05, 4.69) is 83.7 Å². The Hall–Kier alpha value is -2.26. The molecule has 0 aromatic rings. The van der Waals surface area contributed by atoms with Crippen LogP contribution in [0, 0.1) is 0 Å². The van der Waals surface area contributed by atoms with Crippen molar-refractivity contribution in [3.8, 4) is 0 Å². The van der Waals surface area contributed by atoms with E-state index in [4.69, 9.17) is 18.5 Å². The van der Waals surface area contributed by atoms with Crippen molar-refractivity contribution in [3.05, 3.63) is 60.8 Å². The van der Waals surface area contributed by atoms with Crippen molar-refractivity contribution < 1.29 is 71.4 Å². The van der Waals surface area contributed by atoms with Crippen LogP contribution in [0.1, 0.15) is 206 Å². The highest BCUT2D eigenvalue weighted by Gasteiger charge is 2.28. The van der Waals surface area contributed by atoms with E-state index in [-0.39, 0.29) is 12.8 Å². The van der Waals surface area contributed by atoms with Gasteiger partial charge in [0.25, 0.3) is 0 Å². The third-order valence-electron chi connectivity index (χ3n) is 11.0. The maximum Gasteiger partial charge on any atom is 0.472 e. The van der Waals surface area contributed by atoms with Crippen LogP contribution in [0.15, 0.2) is 60.8 Å². The van der Waals surface area contributed by atoms with Gasteiger partial charge in [-0.15, -0.1) is 0 Å². The third-order valence-corrected chi connectivity index (χ3v) is 12.9. The molecule has 17 heteroatoms. The zero-order valence-electron chi connectivity index (χ0n) is 43.2. The number of aliphatic hydroxyl groups is 3. The van der Waals surface area contributed by atoms with Crippen LogP contribution in [0.5, 0.6) is 0 Å². The molecule has 0 saturated carbocycles. The quantitative estimate of drug-likeness (QED) is 0.0165. The lowest BCUT2D eigenvalue weighted by Gasteiger charge is -2.19. The van der Waals surface area contributed by atoms with Crippen LogP contribution >= 0.6 is 15.6 Å². The number of carbonyl (C=O) groups excluding carboxylic acids is 2. The summed E-state index contributed by atoms with van der Waals surface area (Å²) in [5, 5.41) is 30.1. The van der Waals surface area contributed by atoms with E-state index in [0.29, 0.717) is 12.8 Å². The van der Waals surface area contributed by atoms with Crippen LogP contribution in [0.4, 0.5) is 0 Å². The van der Waals surface area contributed by atoms with Crippen LogP contribution in [-0.2, 0) is 46.3 Å². The second-order valence-electron chi connectivity index (χ2n) is 17.9. The number of phosphoric ester groups is 2. The molecule has 0 bridgehead atoms. The first-order chi connectivity index (χ1) is 33.8. The Balaban J connectivity index is 3.87. The molecule has 0 aliphatic rings. The van der Waals surface area contributed by atoms with Crippen molar-refractivity contribution in [3.63, 3.8) is 0 Å². The van der Waals surface area contributed by atoms with E-state index in [1.54, 1.807) is 0 Å². The lowest BCUT2D eigenvalue weighted by Crippen LogP contribution is -2.25. The number of hydrogen-bond donors (Lipinski definition) is 5. The minimum atomic E-state index is -4.80. The van der Waals surface area contributed by atoms with Gasteiger partial charge in [-0.1, -0.05) is 197 Å². The number of unbranched alkanes of at least 4 members (excludes halogenated alkanes) is 21. The van der Waals surface area contributed by atoms with Gasteiger partial charge in [0, 0.05) is 12.8 Å². The van der Waals surface area contributed by atoms with Gasteiger partial charge in [-0.05, 0) is 57.8 Å². The number of carbonyl (C=O) groups is 2. The highest BCUT2D eigenvalue weighted by molar-refractivity contribution is 7.47. The molecule has 5 unspecified atom stereocenters. The van der Waals surface area contributed by atoms with Gasteiger partial charge in [0.05, 0.1) is 26.4 Å². The Labute approximate surface area is 422 Å². The Morgan fingerprint density at radius 3 is 0.986 bits per heavy atom. The molecule has 0 spiro atoms. The summed E-state index contributed by atoms with van der Waals surface area (Å²) >= 11 is 0. The summed E-state index contributed by atoms with van der Waals surface area (Å²) < 4.78 is 53.1. The van der Waals surface area contributed by atoms with Gasteiger partial charge in [0.15, 0.2) is 0 Å². The van der Waals surface area contributed by atoms with Gasteiger partial charge >= 0.3 is 27.6 Å². The van der Waals surface area contributed by atoms with Crippen LogP contribution in [0.3, 0.4) is 0 Å². The minimum absolute atomic E-state index is 0.172. The van der Waals surface area contributed by atoms with Crippen molar-refractivity contribution in [2.75, 3.05) is 39.6 Å². The topological polar surface area (TPSA) is 225 Å². The lowest BCUT2D eigenvalue weighted by molar-refractivity contribution is -0.148. The normalized spacial score (nSPS) is 15.4. The number of ether oxygens (including phenoxy) is 2. The third kappa shape index (κ3) is 50.7. The molecule has 15 nitrogen and oxygen atoms in total. The first-order valence-corrected chi connectivity index (χ1v) is 29.6.